The standard InChI is InChI=1S/C12H14N2OS/c1-14(10-4-5-10)12(15)11-9(3-2-7-13)6-8-16-11/h6,8,10H,4-5,7,13H2,1H3. The molecule has 1 aliphatic rings. The van der Waals surface area contributed by atoms with Gasteiger partial charge in [0.15, 0.2) is 0 Å². The molecule has 0 atom stereocenters. The zero-order valence-corrected chi connectivity index (χ0v) is 10.0. The summed E-state index contributed by atoms with van der Waals surface area (Å²) in [6.45, 7) is 0.321. The molecule has 1 heterocycles. The van der Waals surface area contributed by atoms with Crippen molar-refractivity contribution >= 4 is 17.2 Å². The van der Waals surface area contributed by atoms with Gasteiger partial charge in [-0.2, -0.15) is 0 Å². The largest absolute Gasteiger partial charge is 0.338 e. The molecule has 1 amide bonds. The molecule has 4 heteroatoms. The molecule has 84 valence electrons. The Morgan fingerprint density at radius 3 is 3.06 bits per heavy atom. The van der Waals surface area contributed by atoms with Gasteiger partial charge < -0.3 is 10.6 Å². The van der Waals surface area contributed by atoms with Gasteiger partial charge in [0.1, 0.15) is 4.88 Å². The zero-order chi connectivity index (χ0) is 11.5. The molecule has 3 nitrogen and oxygen atoms in total. The second-order valence-corrected chi connectivity index (χ2v) is 4.73. The molecule has 1 aromatic heterocycles. The molecule has 16 heavy (non-hydrogen) atoms. The summed E-state index contributed by atoms with van der Waals surface area (Å²) >= 11 is 1.45. The van der Waals surface area contributed by atoms with Gasteiger partial charge in [-0.25, -0.2) is 0 Å². The van der Waals surface area contributed by atoms with Gasteiger partial charge in [-0.05, 0) is 24.3 Å². The number of hydrogen-bond donors (Lipinski definition) is 1. The fourth-order valence-corrected chi connectivity index (χ4v) is 2.34. The molecule has 0 spiro atoms. The van der Waals surface area contributed by atoms with Crippen molar-refractivity contribution in [3.63, 3.8) is 0 Å². The summed E-state index contributed by atoms with van der Waals surface area (Å²) in [7, 11) is 1.86. The van der Waals surface area contributed by atoms with Gasteiger partial charge in [0.25, 0.3) is 5.91 Å². The van der Waals surface area contributed by atoms with Gasteiger partial charge in [-0.15, -0.1) is 11.3 Å². The van der Waals surface area contributed by atoms with E-state index in [9.17, 15) is 4.79 Å². The monoisotopic (exact) mass is 234 g/mol. The lowest BCUT2D eigenvalue weighted by Gasteiger charge is -2.15. The summed E-state index contributed by atoms with van der Waals surface area (Å²) in [6.07, 6.45) is 2.24. The van der Waals surface area contributed by atoms with Crippen LogP contribution in [0.5, 0.6) is 0 Å². The number of carbonyl (C=O) groups is 1. The van der Waals surface area contributed by atoms with Gasteiger partial charge >= 0.3 is 0 Å². The van der Waals surface area contributed by atoms with E-state index in [0.717, 1.165) is 23.3 Å². The maximum Gasteiger partial charge on any atom is 0.265 e. The summed E-state index contributed by atoms with van der Waals surface area (Å²) in [6, 6.07) is 2.31. The number of amides is 1. The van der Waals surface area contributed by atoms with Crippen LogP contribution in [0.15, 0.2) is 11.4 Å². The van der Waals surface area contributed by atoms with E-state index in [1.165, 1.54) is 11.3 Å². The summed E-state index contributed by atoms with van der Waals surface area (Å²) in [5.41, 5.74) is 6.12. The molecule has 1 fully saturated rings. The number of hydrogen-bond acceptors (Lipinski definition) is 3. The van der Waals surface area contributed by atoms with Crippen LogP contribution in [0.25, 0.3) is 0 Å². The van der Waals surface area contributed by atoms with E-state index in [1.807, 2.05) is 23.4 Å². The van der Waals surface area contributed by atoms with Crippen molar-refractivity contribution in [3.8, 4) is 11.8 Å². The zero-order valence-electron chi connectivity index (χ0n) is 9.19. The maximum absolute atomic E-state index is 12.1. The molecule has 2 rings (SSSR count). The first kappa shape index (κ1) is 11.2. The van der Waals surface area contributed by atoms with Gasteiger partial charge in [-0.1, -0.05) is 11.8 Å². The predicted octanol–water partition coefficient (Wildman–Crippen LogP) is 1.29. The van der Waals surface area contributed by atoms with Crippen LogP contribution in [0.4, 0.5) is 0 Å². The lowest BCUT2D eigenvalue weighted by Crippen LogP contribution is -2.28. The summed E-state index contributed by atoms with van der Waals surface area (Å²) in [4.78, 5) is 14.7. The van der Waals surface area contributed by atoms with Crippen molar-refractivity contribution in [2.45, 2.75) is 18.9 Å². The summed E-state index contributed by atoms with van der Waals surface area (Å²) in [5, 5.41) is 1.90. The van der Waals surface area contributed by atoms with Gasteiger partial charge in [0.2, 0.25) is 0 Å². The van der Waals surface area contributed by atoms with Crippen molar-refractivity contribution in [2.75, 3.05) is 13.6 Å². The molecule has 1 aromatic rings. The van der Waals surface area contributed by atoms with Crippen LogP contribution >= 0.6 is 11.3 Å². The Bertz CT molecular complexity index is 451. The molecular formula is C12H14N2OS. The van der Waals surface area contributed by atoms with Crippen molar-refractivity contribution < 1.29 is 4.79 Å². The van der Waals surface area contributed by atoms with Gasteiger partial charge in [0, 0.05) is 18.7 Å². The van der Waals surface area contributed by atoms with Crippen molar-refractivity contribution in [1.82, 2.24) is 4.90 Å². The topological polar surface area (TPSA) is 46.3 Å². The number of carbonyl (C=O) groups excluding carboxylic acids is 1. The quantitative estimate of drug-likeness (QED) is 0.784. The molecule has 1 saturated carbocycles. The lowest BCUT2D eigenvalue weighted by molar-refractivity contribution is 0.0789. The van der Waals surface area contributed by atoms with E-state index in [0.29, 0.717) is 12.6 Å². The van der Waals surface area contributed by atoms with Crippen molar-refractivity contribution in [2.24, 2.45) is 5.73 Å². The molecule has 0 unspecified atom stereocenters. The van der Waals surface area contributed by atoms with Crippen LogP contribution in [-0.2, 0) is 0 Å². The molecular weight excluding hydrogens is 220 g/mol. The van der Waals surface area contributed by atoms with Crippen molar-refractivity contribution in [1.29, 1.82) is 0 Å². The van der Waals surface area contributed by atoms with E-state index in [2.05, 4.69) is 11.8 Å². The Balaban J connectivity index is 2.19. The first-order valence-corrected chi connectivity index (χ1v) is 6.15. The summed E-state index contributed by atoms with van der Waals surface area (Å²) < 4.78 is 0. The average molecular weight is 234 g/mol. The van der Waals surface area contributed by atoms with Gasteiger partial charge in [0.05, 0.1) is 6.54 Å². The van der Waals surface area contributed by atoms with Crippen LogP contribution in [0.3, 0.4) is 0 Å². The second-order valence-electron chi connectivity index (χ2n) is 3.82. The minimum absolute atomic E-state index is 0.0822. The second kappa shape index (κ2) is 4.69. The average Bonchev–Trinajstić information content (AvgIpc) is 3.04. The molecule has 0 bridgehead atoms. The third-order valence-corrected chi connectivity index (χ3v) is 3.50. The number of thiophene rings is 1. The Morgan fingerprint density at radius 2 is 2.44 bits per heavy atom. The normalized spacial score (nSPS) is 14.1. The fourth-order valence-electron chi connectivity index (χ4n) is 1.51. The molecule has 0 aliphatic heterocycles. The third kappa shape index (κ3) is 2.26. The van der Waals surface area contributed by atoms with Crippen LogP contribution in [0, 0.1) is 11.8 Å². The smallest absolute Gasteiger partial charge is 0.265 e. The maximum atomic E-state index is 12.1. The van der Waals surface area contributed by atoms with E-state index in [4.69, 9.17) is 5.73 Å². The third-order valence-electron chi connectivity index (χ3n) is 2.60. The van der Waals surface area contributed by atoms with Gasteiger partial charge in [-0.3, -0.25) is 4.79 Å². The van der Waals surface area contributed by atoms with Crippen LogP contribution in [0.2, 0.25) is 0 Å². The summed E-state index contributed by atoms with van der Waals surface area (Å²) in [5.74, 6) is 5.80. The fraction of sp³-hybridized carbons (Fsp3) is 0.417. The number of nitrogens with zero attached hydrogens (tertiary/aromatic N) is 1. The SMILES string of the molecule is CN(C(=O)c1sccc1C#CCN)C1CC1. The highest BCUT2D eigenvalue weighted by Crippen LogP contribution is 2.28. The minimum atomic E-state index is 0.0822. The van der Waals surface area contributed by atoms with Crippen molar-refractivity contribution in [3.05, 3.63) is 21.9 Å². The highest BCUT2D eigenvalue weighted by atomic mass is 32.1. The first-order valence-electron chi connectivity index (χ1n) is 5.27. The van der Waals surface area contributed by atoms with Crippen LogP contribution < -0.4 is 5.73 Å². The van der Waals surface area contributed by atoms with E-state index in [-0.39, 0.29) is 5.91 Å². The van der Waals surface area contributed by atoms with E-state index in [1.54, 1.807) is 0 Å². The molecule has 0 saturated heterocycles. The highest BCUT2D eigenvalue weighted by molar-refractivity contribution is 7.12. The number of rotatable bonds is 2. The first-order chi connectivity index (χ1) is 7.74. The van der Waals surface area contributed by atoms with Crippen LogP contribution in [-0.4, -0.2) is 30.4 Å². The molecule has 0 radical (unpaired) electrons. The Morgan fingerprint density at radius 1 is 1.69 bits per heavy atom. The number of nitrogens with two attached hydrogens (primary N) is 1. The lowest BCUT2D eigenvalue weighted by atomic mass is 10.2. The Labute approximate surface area is 99.2 Å². The molecule has 2 N–H and O–H groups in total. The Kier molecular flexibility index (Phi) is 3.28. The highest BCUT2D eigenvalue weighted by Gasteiger charge is 2.31. The van der Waals surface area contributed by atoms with E-state index < -0.39 is 0 Å². The Hall–Kier alpha value is -1.31. The predicted molar refractivity (Wildman–Crippen MR) is 65.4 cm³/mol. The molecule has 1 aliphatic carbocycles. The van der Waals surface area contributed by atoms with E-state index >= 15 is 0 Å². The van der Waals surface area contributed by atoms with Crippen LogP contribution in [0.1, 0.15) is 28.1 Å². The molecule has 0 aromatic carbocycles. The minimum Gasteiger partial charge on any atom is -0.338 e.